The third kappa shape index (κ3) is 3.80. The minimum atomic E-state index is -0.0244. The Kier molecular flexibility index (Phi) is 5.18. The lowest BCUT2D eigenvalue weighted by Crippen LogP contribution is -2.30. The lowest BCUT2D eigenvalue weighted by Gasteiger charge is -2.26. The van der Waals surface area contributed by atoms with E-state index < -0.39 is 0 Å². The van der Waals surface area contributed by atoms with Gasteiger partial charge in [-0.15, -0.1) is 0 Å². The number of aromatic nitrogens is 2. The Balaban J connectivity index is 1.31. The molecule has 5 rings (SSSR count). The van der Waals surface area contributed by atoms with E-state index in [1.54, 1.807) is 6.33 Å². The van der Waals surface area contributed by atoms with Crippen molar-refractivity contribution in [1.82, 2.24) is 15.3 Å². The first-order chi connectivity index (χ1) is 14.8. The smallest absolute Gasteiger partial charge is 0.251 e. The van der Waals surface area contributed by atoms with Crippen LogP contribution >= 0.6 is 0 Å². The van der Waals surface area contributed by atoms with Gasteiger partial charge in [0.25, 0.3) is 5.91 Å². The van der Waals surface area contributed by atoms with Crippen molar-refractivity contribution in [3.8, 4) is 11.3 Å². The van der Waals surface area contributed by atoms with Gasteiger partial charge in [-0.05, 0) is 55.4 Å². The molecule has 0 radical (unpaired) electrons. The summed E-state index contributed by atoms with van der Waals surface area (Å²) in [5, 5.41) is 3.23. The number of aryl methyl sites for hydroxylation is 1. The van der Waals surface area contributed by atoms with Crippen molar-refractivity contribution in [2.45, 2.75) is 38.1 Å². The fourth-order valence-electron chi connectivity index (χ4n) is 4.56. The number of nitrogens with zero attached hydrogens (tertiary/aromatic N) is 3. The van der Waals surface area contributed by atoms with Crippen LogP contribution in [0.1, 0.15) is 53.2 Å². The van der Waals surface area contributed by atoms with Gasteiger partial charge in [-0.25, -0.2) is 9.97 Å². The molecule has 2 aliphatic rings. The summed E-state index contributed by atoms with van der Waals surface area (Å²) in [7, 11) is 0. The summed E-state index contributed by atoms with van der Waals surface area (Å²) in [5.74, 6) is 0.957. The molecule has 1 fully saturated rings. The van der Waals surface area contributed by atoms with E-state index in [0.717, 1.165) is 49.4 Å². The van der Waals surface area contributed by atoms with Gasteiger partial charge in [0.05, 0.1) is 11.7 Å². The quantitative estimate of drug-likeness (QED) is 0.700. The Morgan fingerprint density at radius 3 is 2.60 bits per heavy atom. The van der Waals surface area contributed by atoms with Gasteiger partial charge in [0.1, 0.15) is 12.1 Å². The number of carbonyl (C=O) groups excluding carboxylic acids is 1. The Bertz CT molecular complexity index is 1040. The third-order valence-electron chi connectivity index (χ3n) is 6.20. The SMILES string of the molecule is O=C(NC1CCCc2ccccc21)c1ccc(-c2cc(N3CCCC3)ncn2)cc1. The highest BCUT2D eigenvalue weighted by Gasteiger charge is 2.22. The first-order valence-electron chi connectivity index (χ1n) is 10.8. The lowest BCUT2D eigenvalue weighted by molar-refractivity contribution is 0.0933. The minimum absolute atomic E-state index is 0.0244. The molecule has 1 N–H and O–H groups in total. The number of nitrogens with one attached hydrogen (secondary N) is 1. The zero-order valence-corrected chi connectivity index (χ0v) is 17.1. The number of fused-ring (bicyclic) bond motifs is 1. The summed E-state index contributed by atoms with van der Waals surface area (Å²) in [6, 6.07) is 18.3. The van der Waals surface area contributed by atoms with Gasteiger partial charge in [-0.3, -0.25) is 4.79 Å². The van der Waals surface area contributed by atoms with E-state index in [1.807, 2.05) is 30.3 Å². The van der Waals surface area contributed by atoms with Gasteiger partial charge in [0, 0.05) is 30.3 Å². The first-order valence-corrected chi connectivity index (χ1v) is 10.8. The van der Waals surface area contributed by atoms with E-state index in [0.29, 0.717) is 5.56 Å². The van der Waals surface area contributed by atoms with Gasteiger partial charge < -0.3 is 10.2 Å². The summed E-state index contributed by atoms with van der Waals surface area (Å²) in [6.07, 6.45) is 7.25. The minimum Gasteiger partial charge on any atom is -0.357 e. The molecular weight excluding hydrogens is 372 g/mol. The topological polar surface area (TPSA) is 58.1 Å². The van der Waals surface area contributed by atoms with E-state index in [2.05, 4.69) is 44.5 Å². The van der Waals surface area contributed by atoms with E-state index in [4.69, 9.17) is 0 Å². The molecule has 1 aromatic heterocycles. The number of benzene rings is 2. The second-order valence-electron chi connectivity index (χ2n) is 8.15. The number of hydrogen-bond donors (Lipinski definition) is 1. The zero-order valence-electron chi connectivity index (χ0n) is 17.1. The standard InChI is InChI=1S/C25H26N4O/c30-25(28-22-9-5-7-18-6-1-2-8-21(18)22)20-12-10-19(11-13-20)23-16-24(27-17-26-23)29-14-3-4-15-29/h1-2,6,8,10-13,16-17,22H,3-5,7,9,14-15H2,(H,28,30). The zero-order chi connectivity index (χ0) is 20.3. The van der Waals surface area contributed by atoms with Crippen LogP contribution in [0.4, 0.5) is 5.82 Å². The number of carbonyl (C=O) groups is 1. The van der Waals surface area contributed by atoms with Crippen molar-refractivity contribution < 1.29 is 4.79 Å². The maximum absolute atomic E-state index is 12.9. The van der Waals surface area contributed by atoms with E-state index in [-0.39, 0.29) is 11.9 Å². The van der Waals surface area contributed by atoms with Gasteiger partial charge in [-0.1, -0.05) is 36.4 Å². The lowest BCUT2D eigenvalue weighted by atomic mass is 9.87. The Morgan fingerprint density at radius 2 is 1.77 bits per heavy atom. The van der Waals surface area contributed by atoms with Crippen molar-refractivity contribution in [3.63, 3.8) is 0 Å². The molecule has 0 saturated carbocycles. The average molecular weight is 399 g/mol. The predicted octanol–water partition coefficient (Wildman–Crippen LogP) is 4.55. The second kappa shape index (κ2) is 8.27. The summed E-state index contributed by atoms with van der Waals surface area (Å²) in [5.41, 5.74) is 5.17. The van der Waals surface area contributed by atoms with Crippen LogP contribution in [0.2, 0.25) is 0 Å². The highest BCUT2D eigenvalue weighted by Crippen LogP contribution is 2.30. The van der Waals surface area contributed by atoms with Gasteiger partial charge >= 0.3 is 0 Å². The van der Waals surface area contributed by atoms with E-state index in [9.17, 15) is 4.79 Å². The van der Waals surface area contributed by atoms with Crippen LogP contribution in [0.5, 0.6) is 0 Å². The second-order valence-corrected chi connectivity index (χ2v) is 8.15. The summed E-state index contributed by atoms with van der Waals surface area (Å²) in [4.78, 5) is 24.0. The number of hydrogen-bond acceptors (Lipinski definition) is 4. The first kappa shape index (κ1) is 18.8. The average Bonchev–Trinajstić information content (AvgIpc) is 3.35. The van der Waals surface area contributed by atoms with Crippen LogP contribution in [0.15, 0.2) is 60.9 Å². The van der Waals surface area contributed by atoms with E-state index in [1.165, 1.54) is 24.0 Å². The molecule has 3 aromatic rings. The Hall–Kier alpha value is -3.21. The molecule has 30 heavy (non-hydrogen) atoms. The number of amides is 1. The van der Waals surface area contributed by atoms with Crippen molar-refractivity contribution in [2.24, 2.45) is 0 Å². The molecule has 2 aromatic carbocycles. The Morgan fingerprint density at radius 1 is 0.967 bits per heavy atom. The largest absolute Gasteiger partial charge is 0.357 e. The van der Waals surface area contributed by atoms with Crippen molar-refractivity contribution in [1.29, 1.82) is 0 Å². The molecule has 5 heteroatoms. The molecule has 1 unspecified atom stereocenters. The van der Waals surface area contributed by atoms with Gasteiger partial charge in [0.2, 0.25) is 0 Å². The Labute approximate surface area is 177 Å². The summed E-state index contributed by atoms with van der Waals surface area (Å²) < 4.78 is 0. The number of rotatable bonds is 4. The maximum atomic E-state index is 12.9. The van der Waals surface area contributed by atoms with Crippen LogP contribution in [0.25, 0.3) is 11.3 Å². The fourth-order valence-corrected chi connectivity index (χ4v) is 4.56. The maximum Gasteiger partial charge on any atom is 0.251 e. The molecule has 152 valence electrons. The molecule has 1 aliphatic heterocycles. The van der Waals surface area contributed by atoms with Gasteiger partial charge in [0.15, 0.2) is 0 Å². The van der Waals surface area contributed by atoms with Crippen LogP contribution < -0.4 is 10.2 Å². The highest BCUT2D eigenvalue weighted by atomic mass is 16.1. The molecule has 1 aliphatic carbocycles. The molecular formula is C25H26N4O. The summed E-state index contributed by atoms with van der Waals surface area (Å²) in [6.45, 7) is 2.11. The highest BCUT2D eigenvalue weighted by molar-refractivity contribution is 5.95. The fraction of sp³-hybridized carbons (Fsp3) is 0.320. The van der Waals surface area contributed by atoms with Crippen molar-refractivity contribution >= 4 is 11.7 Å². The molecule has 1 amide bonds. The number of anilines is 1. The van der Waals surface area contributed by atoms with Crippen molar-refractivity contribution in [3.05, 3.63) is 77.6 Å². The monoisotopic (exact) mass is 398 g/mol. The van der Waals surface area contributed by atoms with Crippen LogP contribution in [0.3, 0.4) is 0 Å². The molecule has 2 heterocycles. The van der Waals surface area contributed by atoms with Crippen LogP contribution in [-0.4, -0.2) is 29.0 Å². The van der Waals surface area contributed by atoms with Crippen LogP contribution in [-0.2, 0) is 6.42 Å². The molecule has 0 bridgehead atoms. The summed E-state index contributed by atoms with van der Waals surface area (Å²) >= 11 is 0. The van der Waals surface area contributed by atoms with E-state index >= 15 is 0 Å². The molecule has 0 spiro atoms. The van der Waals surface area contributed by atoms with Gasteiger partial charge in [-0.2, -0.15) is 0 Å². The molecule has 1 atom stereocenters. The van der Waals surface area contributed by atoms with Crippen molar-refractivity contribution in [2.75, 3.05) is 18.0 Å². The van der Waals surface area contributed by atoms with Crippen LogP contribution in [0, 0.1) is 0 Å². The predicted molar refractivity (Wildman–Crippen MR) is 119 cm³/mol. The molecule has 5 nitrogen and oxygen atoms in total. The molecule has 1 saturated heterocycles. The third-order valence-corrected chi connectivity index (χ3v) is 6.20. The normalized spacial score (nSPS) is 18.1.